The molecule has 0 saturated carbocycles. The first kappa shape index (κ1) is 32.2. The van der Waals surface area contributed by atoms with Crippen LogP contribution in [0.25, 0.3) is 6.08 Å². The number of hydrogen-bond donors (Lipinski definition) is 5. The highest BCUT2D eigenvalue weighted by Crippen LogP contribution is 2.29. The van der Waals surface area contributed by atoms with Crippen LogP contribution in [0, 0.1) is 0 Å². The Morgan fingerprint density at radius 2 is 1.53 bits per heavy atom. The van der Waals surface area contributed by atoms with E-state index in [4.69, 9.17) is 14.6 Å². The number of aromatic carboxylic acids is 1. The van der Waals surface area contributed by atoms with Gasteiger partial charge in [0.05, 0.1) is 20.0 Å². The molecule has 45 heavy (non-hydrogen) atoms. The molecule has 0 saturated heterocycles. The van der Waals surface area contributed by atoms with E-state index in [-0.39, 0.29) is 22.7 Å². The summed E-state index contributed by atoms with van der Waals surface area (Å²) in [4.78, 5) is 50.8. The maximum Gasteiger partial charge on any atom is 0.339 e. The summed E-state index contributed by atoms with van der Waals surface area (Å²) >= 11 is 1.19. The number of phenols is 1. The second-order valence-corrected chi connectivity index (χ2v) is 10.4. The van der Waals surface area contributed by atoms with Gasteiger partial charge in [-0.25, -0.2) is 4.79 Å². The molecule has 11 nitrogen and oxygen atoms in total. The van der Waals surface area contributed by atoms with Crippen LogP contribution in [0.1, 0.15) is 26.3 Å². The number of rotatable bonds is 12. The molecule has 12 heteroatoms. The summed E-state index contributed by atoms with van der Waals surface area (Å²) in [6.45, 7) is 0. The van der Waals surface area contributed by atoms with Crippen molar-refractivity contribution in [2.45, 2.75) is 4.90 Å². The Hall–Kier alpha value is -5.75. The number of thioether (sulfide) groups is 1. The van der Waals surface area contributed by atoms with E-state index in [2.05, 4.69) is 16.0 Å². The van der Waals surface area contributed by atoms with Gasteiger partial charge in [-0.1, -0.05) is 30.3 Å². The molecule has 230 valence electrons. The highest BCUT2D eigenvalue weighted by molar-refractivity contribution is 8.00. The van der Waals surface area contributed by atoms with E-state index in [0.29, 0.717) is 33.2 Å². The van der Waals surface area contributed by atoms with Crippen molar-refractivity contribution in [3.8, 4) is 17.2 Å². The normalized spacial score (nSPS) is 10.8. The quantitative estimate of drug-likeness (QED) is 0.0802. The minimum atomic E-state index is -1.32. The average molecular weight is 628 g/mol. The zero-order valence-electron chi connectivity index (χ0n) is 24.2. The molecule has 0 bridgehead atoms. The van der Waals surface area contributed by atoms with Gasteiger partial charge in [-0.05, 0) is 72.3 Å². The summed E-state index contributed by atoms with van der Waals surface area (Å²) in [5.41, 5.74) is 1.23. The molecule has 3 amide bonds. The van der Waals surface area contributed by atoms with E-state index in [1.54, 1.807) is 72.8 Å². The van der Waals surface area contributed by atoms with E-state index < -0.39 is 29.4 Å². The molecule has 0 aliphatic heterocycles. The van der Waals surface area contributed by atoms with Crippen LogP contribution in [0.4, 0.5) is 11.4 Å². The molecule has 4 aromatic rings. The van der Waals surface area contributed by atoms with Gasteiger partial charge in [-0.2, -0.15) is 0 Å². The number of carboxylic acids is 1. The van der Waals surface area contributed by atoms with E-state index >= 15 is 0 Å². The number of carboxylic acid groups (broad SMARTS) is 1. The lowest BCUT2D eigenvalue weighted by atomic mass is 10.1. The monoisotopic (exact) mass is 627 g/mol. The molecule has 0 radical (unpaired) electrons. The van der Waals surface area contributed by atoms with Crippen LogP contribution in [0.2, 0.25) is 0 Å². The van der Waals surface area contributed by atoms with Gasteiger partial charge in [-0.15, -0.1) is 11.8 Å². The predicted molar refractivity (Wildman–Crippen MR) is 171 cm³/mol. The summed E-state index contributed by atoms with van der Waals surface area (Å²) in [6.07, 6.45) is 1.51. The maximum atomic E-state index is 13.5. The first-order valence-corrected chi connectivity index (χ1v) is 14.4. The molecule has 0 fully saturated rings. The summed E-state index contributed by atoms with van der Waals surface area (Å²) in [5.74, 6) is -2.26. The van der Waals surface area contributed by atoms with Gasteiger partial charge in [0.2, 0.25) is 5.91 Å². The number of anilines is 2. The van der Waals surface area contributed by atoms with Crippen LogP contribution in [0.15, 0.2) is 102 Å². The third-order valence-corrected chi connectivity index (χ3v) is 7.21. The van der Waals surface area contributed by atoms with Crippen molar-refractivity contribution >= 4 is 52.9 Å². The zero-order chi connectivity index (χ0) is 32.3. The molecule has 0 spiro atoms. The fraction of sp³-hybridized carbons (Fsp3) is 0.0909. The smallest absolute Gasteiger partial charge is 0.339 e. The van der Waals surface area contributed by atoms with Crippen molar-refractivity contribution < 1.29 is 38.9 Å². The van der Waals surface area contributed by atoms with Crippen LogP contribution in [-0.4, -0.2) is 53.9 Å². The number of carbonyl (C=O) groups is 4. The van der Waals surface area contributed by atoms with Crippen LogP contribution >= 0.6 is 11.8 Å². The molecular weight excluding hydrogens is 598 g/mol. The SMILES string of the molecule is COc1ccc(/C=C(/NC(=O)c2ccccc2)C(=O)Nc2cccc(SCC(=O)Nc3ccc(O)c(C(=O)O)c3)c2)cc1OC. The Balaban J connectivity index is 1.48. The van der Waals surface area contributed by atoms with Crippen molar-refractivity contribution in [3.05, 3.63) is 113 Å². The molecule has 0 unspecified atom stereocenters. The molecule has 5 N–H and O–H groups in total. The third-order valence-electron chi connectivity index (χ3n) is 6.22. The van der Waals surface area contributed by atoms with Gasteiger partial charge in [0.15, 0.2) is 11.5 Å². The van der Waals surface area contributed by atoms with Crippen LogP contribution in [-0.2, 0) is 9.59 Å². The van der Waals surface area contributed by atoms with Gasteiger partial charge in [-0.3, -0.25) is 14.4 Å². The summed E-state index contributed by atoms with van der Waals surface area (Å²) in [5, 5.41) is 26.9. The Kier molecular flexibility index (Phi) is 10.8. The van der Waals surface area contributed by atoms with Crippen LogP contribution in [0.5, 0.6) is 17.2 Å². The highest BCUT2D eigenvalue weighted by atomic mass is 32.2. The molecule has 4 rings (SSSR count). The van der Waals surface area contributed by atoms with Crippen LogP contribution in [0.3, 0.4) is 0 Å². The summed E-state index contributed by atoms with van der Waals surface area (Å²) < 4.78 is 10.6. The second kappa shape index (κ2) is 15.1. The second-order valence-electron chi connectivity index (χ2n) is 9.35. The lowest BCUT2D eigenvalue weighted by Gasteiger charge is -2.13. The molecule has 0 aromatic heterocycles. The Morgan fingerprint density at radius 1 is 0.800 bits per heavy atom. The molecule has 0 aliphatic rings. The van der Waals surface area contributed by atoms with E-state index in [1.807, 2.05) is 0 Å². The average Bonchev–Trinajstić information content (AvgIpc) is 3.04. The minimum Gasteiger partial charge on any atom is -0.507 e. The highest BCUT2D eigenvalue weighted by Gasteiger charge is 2.17. The van der Waals surface area contributed by atoms with Gasteiger partial charge in [0, 0.05) is 21.8 Å². The van der Waals surface area contributed by atoms with Crippen molar-refractivity contribution in [1.29, 1.82) is 0 Å². The minimum absolute atomic E-state index is 0.0156. The largest absolute Gasteiger partial charge is 0.507 e. The number of ether oxygens (including phenoxy) is 2. The maximum absolute atomic E-state index is 13.5. The number of carbonyl (C=O) groups excluding carboxylic acids is 3. The summed E-state index contributed by atoms with van der Waals surface area (Å²) in [7, 11) is 3.01. The fourth-order valence-corrected chi connectivity index (χ4v) is 4.80. The van der Waals surface area contributed by atoms with E-state index in [0.717, 1.165) is 0 Å². The first-order chi connectivity index (χ1) is 21.7. The number of hydrogen-bond acceptors (Lipinski definition) is 8. The molecule has 0 aliphatic carbocycles. The number of nitrogens with one attached hydrogen (secondary N) is 3. The van der Waals surface area contributed by atoms with Crippen molar-refractivity contribution in [1.82, 2.24) is 5.32 Å². The molecule has 0 atom stereocenters. The molecular formula is C33H29N3O8S. The number of methoxy groups -OCH3 is 2. The standard InChI is InChI=1S/C33H29N3O8S/c1-43-28-14-11-20(16-29(28)44-2)15-26(36-31(39)21-7-4-3-5-8-21)32(40)35-22-9-6-10-24(17-22)45-19-30(38)34-23-12-13-27(37)25(18-23)33(41)42/h3-18,37H,19H2,1-2H3,(H,34,38)(H,35,40)(H,36,39)(H,41,42)/b26-15+. The third kappa shape index (κ3) is 8.88. The zero-order valence-corrected chi connectivity index (χ0v) is 25.0. The topological polar surface area (TPSA) is 163 Å². The van der Waals surface area contributed by atoms with E-state index in [1.165, 1.54) is 50.3 Å². The molecule has 0 heterocycles. The lowest BCUT2D eigenvalue weighted by Crippen LogP contribution is -2.30. The van der Waals surface area contributed by atoms with Crippen molar-refractivity contribution in [3.63, 3.8) is 0 Å². The van der Waals surface area contributed by atoms with Gasteiger partial charge < -0.3 is 35.6 Å². The van der Waals surface area contributed by atoms with E-state index in [9.17, 15) is 24.3 Å². The Labute approximate surface area is 262 Å². The fourth-order valence-electron chi connectivity index (χ4n) is 4.04. The van der Waals surface area contributed by atoms with Crippen molar-refractivity contribution in [2.75, 3.05) is 30.6 Å². The van der Waals surface area contributed by atoms with Gasteiger partial charge in [0.25, 0.3) is 11.8 Å². The first-order valence-electron chi connectivity index (χ1n) is 13.4. The number of aromatic hydroxyl groups is 1. The van der Waals surface area contributed by atoms with Crippen LogP contribution < -0.4 is 25.4 Å². The molecule has 4 aromatic carbocycles. The van der Waals surface area contributed by atoms with Gasteiger partial charge >= 0.3 is 5.97 Å². The Morgan fingerprint density at radius 3 is 2.24 bits per heavy atom. The number of benzene rings is 4. The predicted octanol–water partition coefficient (Wildman–Crippen LogP) is 5.25. The van der Waals surface area contributed by atoms with Gasteiger partial charge in [0.1, 0.15) is 17.0 Å². The summed E-state index contributed by atoms with van der Waals surface area (Å²) in [6, 6.07) is 24.1. The number of amides is 3. The lowest BCUT2D eigenvalue weighted by molar-refractivity contribution is -0.114. The van der Waals surface area contributed by atoms with Crippen molar-refractivity contribution in [2.24, 2.45) is 0 Å². The Bertz CT molecular complexity index is 1760.